The van der Waals surface area contributed by atoms with Crippen LogP contribution in [0.1, 0.15) is 18.4 Å². The van der Waals surface area contributed by atoms with Crippen LogP contribution >= 0.6 is 0 Å². The fourth-order valence-corrected chi connectivity index (χ4v) is 3.05. The molecule has 0 aliphatic carbocycles. The van der Waals surface area contributed by atoms with Crippen LogP contribution in [0, 0.1) is 0 Å². The number of nitrogens with zero attached hydrogens (tertiary/aromatic N) is 2. The zero-order valence-corrected chi connectivity index (χ0v) is 12.7. The topological polar surface area (TPSA) is 40.6 Å². The van der Waals surface area contributed by atoms with Gasteiger partial charge in [0, 0.05) is 27.2 Å². The Hall–Kier alpha value is -2.10. The van der Waals surface area contributed by atoms with Gasteiger partial charge in [0.15, 0.2) is 0 Å². The fraction of sp³-hybridized carbons (Fsp3) is 0.412. The monoisotopic (exact) mass is 286 g/mol. The number of hydrogen-bond donors (Lipinski definition) is 0. The van der Waals surface area contributed by atoms with Gasteiger partial charge in [0.05, 0.1) is 5.41 Å². The van der Waals surface area contributed by atoms with E-state index in [1.807, 2.05) is 30.3 Å². The molecular weight excluding hydrogens is 264 g/mol. The van der Waals surface area contributed by atoms with Gasteiger partial charge in [-0.25, -0.2) is 0 Å². The Bertz CT molecular complexity index is 529. The minimum Gasteiger partial charge on any atom is -0.348 e. The van der Waals surface area contributed by atoms with E-state index in [1.165, 1.54) is 6.08 Å². The van der Waals surface area contributed by atoms with Crippen molar-refractivity contribution >= 4 is 11.8 Å². The molecule has 4 heteroatoms. The van der Waals surface area contributed by atoms with E-state index in [9.17, 15) is 9.59 Å². The second kappa shape index (κ2) is 6.12. The predicted molar refractivity (Wildman–Crippen MR) is 82.8 cm³/mol. The van der Waals surface area contributed by atoms with Crippen molar-refractivity contribution in [3.05, 3.63) is 48.6 Å². The molecule has 1 aliphatic rings. The van der Waals surface area contributed by atoms with Gasteiger partial charge in [0.1, 0.15) is 0 Å². The molecule has 0 bridgehead atoms. The van der Waals surface area contributed by atoms with Crippen molar-refractivity contribution in [3.63, 3.8) is 0 Å². The summed E-state index contributed by atoms with van der Waals surface area (Å²) in [5.74, 6) is 0.0494. The highest BCUT2D eigenvalue weighted by molar-refractivity contribution is 5.90. The SMILES string of the molecule is C=CC(=O)N1CCC(C(=O)N(C)C)(c2ccccc2)CC1. The molecule has 0 unspecified atom stereocenters. The summed E-state index contributed by atoms with van der Waals surface area (Å²) in [7, 11) is 3.57. The van der Waals surface area contributed by atoms with E-state index in [2.05, 4.69) is 6.58 Å². The molecule has 1 aliphatic heterocycles. The minimum atomic E-state index is -0.525. The van der Waals surface area contributed by atoms with E-state index < -0.39 is 5.41 Å². The summed E-state index contributed by atoms with van der Waals surface area (Å²) in [6, 6.07) is 9.88. The largest absolute Gasteiger partial charge is 0.348 e. The Labute approximate surface area is 126 Å². The molecule has 0 N–H and O–H groups in total. The average Bonchev–Trinajstić information content (AvgIpc) is 2.54. The van der Waals surface area contributed by atoms with Crippen molar-refractivity contribution < 1.29 is 9.59 Å². The van der Waals surface area contributed by atoms with Crippen LogP contribution in [0.15, 0.2) is 43.0 Å². The van der Waals surface area contributed by atoms with Crippen molar-refractivity contribution in [2.45, 2.75) is 18.3 Å². The lowest BCUT2D eigenvalue weighted by atomic mass is 9.71. The van der Waals surface area contributed by atoms with E-state index in [0.717, 1.165) is 5.56 Å². The number of likely N-dealkylation sites (tertiary alicyclic amines) is 1. The molecule has 1 fully saturated rings. The van der Waals surface area contributed by atoms with Crippen molar-refractivity contribution in [2.75, 3.05) is 27.2 Å². The molecule has 0 atom stereocenters. The van der Waals surface area contributed by atoms with Gasteiger partial charge in [-0.15, -0.1) is 0 Å². The second-order valence-corrected chi connectivity index (χ2v) is 5.68. The molecule has 112 valence electrons. The summed E-state index contributed by atoms with van der Waals surface area (Å²) in [4.78, 5) is 27.9. The quantitative estimate of drug-likeness (QED) is 0.795. The average molecular weight is 286 g/mol. The third-order valence-corrected chi connectivity index (χ3v) is 4.25. The maximum Gasteiger partial charge on any atom is 0.245 e. The first kappa shape index (κ1) is 15.3. The van der Waals surface area contributed by atoms with Gasteiger partial charge < -0.3 is 9.80 Å². The molecule has 0 saturated carbocycles. The Morgan fingerprint density at radius 1 is 1.19 bits per heavy atom. The fourth-order valence-electron chi connectivity index (χ4n) is 3.05. The van der Waals surface area contributed by atoms with Crippen LogP contribution in [0.4, 0.5) is 0 Å². The molecule has 0 radical (unpaired) electrons. The standard InChI is InChI=1S/C17H22N2O2/c1-4-15(20)19-12-10-17(11-13-19,16(21)18(2)3)14-8-6-5-7-9-14/h4-9H,1,10-13H2,2-3H3. The van der Waals surface area contributed by atoms with Crippen molar-refractivity contribution in [3.8, 4) is 0 Å². The first-order valence-electron chi connectivity index (χ1n) is 7.20. The van der Waals surface area contributed by atoms with Crippen molar-refractivity contribution in [1.29, 1.82) is 0 Å². The number of likely N-dealkylation sites (N-methyl/N-ethyl adjacent to an activating group) is 1. The molecule has 4 nitrogen and oxygen atoms in total. The molecule has 2 rings (SSSR count). The maximum atomic E-state index is 12.8. The van der Waals surface area contributed by atoms with Gasteiger partial charge in [-0.05, 0) is 24.5 Å². The first-order valence-corrected chi connectivity index (χ1v) is 7.20. The number of piperidine rings is 1. The molecule has 1 aromatic rings. The van der Waals surface area contributed by atoms with Crippen LogP contribution in [0.3, 0.4) is 0 Å². The van der Waals surface area contributed by atoms with Crippen LogP contribution in [0.25, 0.3) is 0 Å². The third kappa shape index (κ3) is 2.84. The van der Waals surface area contributed by atoms with E-state index in [0.29, 0.717) is 25.9 Å². The molecule has 1 saturated heterocycles. The van der Waals surface area contributed by atoms with Gasteiger partial charge in [-0.1, -0.05) is 36.9 Å². The second-order valence-electron chi connectivity index (χ2n) is 5.68. The number of carbonyl (C=O) groups is 2. The molecular formula is C17H22N2O2. The highest BCUT2D eigenvalue weighted by Gasteiger charge is 2.44. The third-order valence-electron chi connectivity index (χ3n) is 4.25. The summed E-state index contributed by atoms with van der Waals surface area (Å²) >= 11 is 0. The lowest BCUT2D eigenvalue weighted by Gasteiger charge is -2.42. The highest BCUT2D eigenvalue weighted by Crippen LogP contribution is 2.37. The number of hydrogen-bond acceptors (Lipinski definition) is 2. The van der Waals surface area contributed by atoms with E-state index in [-0.39, 0.29) is 11.8 Å². The van der Waals surface area contributed by atoms with Gasteiger partial charge in [-0.3, -0.25) is 9.59 Å². The zero-order valence-electron chi connectivity index (χ0n) is 12.7. The summed E-state index contributed by atoms with van der Waals surface area (Å²) in [6.45, 7) is 4.69. The van der Waals surface area contributed by atoms with Gasteiger partial charge in [-0.2, -0.15) is 0 Å². The first-order chi connectivity index (χ1) is 10.0. The lowest BCUT2D eigenvalue weighted by Crippen LogP contribution is -2.52. The predicted octanol–water partition coefficient (Wildman–Crippen LogP) is 1.82. The smallest absolute Gasteiger partial charge is 0.245 e. The molecule has 2 amide bonds. The van der Waals surface area contributed by atoms with E-state index in [1.54, 1.807) is 23.9 Å². The molecule has 0 spiro atoms. The summed E-state index contributed by atoms with van der Waals surface area (Å²) in [5.41, 5.74) is 0.511. The summed E-state index contributed by atoms with van der Waals surface area (Å²) < 4.78 is 0. The molecule has 1 aromatic carbocycles. The zero-order chi connectivity index (χ0) is 15.5. The van der Waals surface area contributed by atoms with Crippen LogP contribution in [0.5, 0.6) is 0 Å². The highest BCUT2D eigenvalue weighted by atomic mass is 16.2. The van der Waals surface area contributed by atoms with Gasteiger partial charge in [0.25, 0.3) is 0 Å². The van der Waals surface area contributed by atoms with E-state index in [4.69, 9.17) is 0 Å². The molecule has 21 heavy (non-hydrogen) atoms. The number of rotatable bonds is 3. The molecule has 1 heterocycles. The minimum absolute atomic E-state index is 0.0611. The summed E-state index contributed by atoms with van der Waals surface area (Å²) in [6.07, 6.45) is 2.63. The number of carbonyl (C=O) groups excluding carboxylic acids is 2. The lowest BCUT2D eigenvalue weighted by molar-refractivity contribution is -0.139. The van der Waals surface area contributed by atoms with Crippen molar-refractivity contribution in [1.82, 2.24) is 9.80 Å². The number of benzene rings is 1. The molecule has 0 aromatic heterocycles. The van der Waals surface area contributed by atoms with Crippen LogP contribution < -0.4 is 0 Å². The maximum absolute atomic E-state index is 12.8. The van der Waals surface area contributed by atoms with Crippen molar-refractivity contribution in [2.24, 2.45) is 0 Å². The van der Waals surface area contributed by atoms with Gasteiger partial charge in [0.2, 0.25) is 11.8 Å². The van der Waals surface area contributed by atoms with Crippen LogP contribution in [0.2, 0.25) is 0 Å². The Morgan fingerprint density at radius 3 is 2.24 bits per heavy atom. The Morgan fingerprint density at radius 2 is 1.76 bits per heavy atom. The Kier molecular flexibility index (Phi) is 4.46. The van der Waals surface area contributed by atoms with E-state index >= 15 is 0 Å². The Balaban J connectivity index is 2.31. The van der Waals surface area contributed by atoms with Crippen LogP contribution in [-0.4, -0.2) is 48.8 Å². The number of amides is 2. The summed E-state index contributed by atoms with van der Waals surface area (Å²) in [5, 5.41) is 0. The normalized spacial score (nSPS) is 17.1. The van der Waals surface area contributed by atoms with Gasteiger partial charge >= 0.3 is 0 Å². The van der Waals surface area contributed by atoms with Crippen LogP contribution in [-0.2, 0) is 15.0 Å².